The van der Waals surface area contributed by atoms with Crippen LogP contribution in [-0.4, -0.2) is 23.6 Å². The van der Waals surface area contributed by atoms with Crippen molar-refractivity contribution in [2.24, 2.45) is 0 Å². The van der Waals surface area contributed by atoms with Crippen LogP contribution in [0, 0.1) is 20.8 Å². The van der Waals surface area contributed by atoms with E-state index in [1.807, 2.05) is 32.0 Å². The van der Waals surface area contributed by atoms with Gasteiger partial charge in [-0.15, -0.1) is 0 Å². The van der Waals surface area contributed by atoms with E-state index in [1.54, 1.807) is 13.0 Å². The van der Waals surface area contributed by atoms with Gasteiger partial charge in [0.25, 0.3) is 5.91 Å². The summed E-state index contributed by atoms with van der Waals surface area (Å²) in [5.74, 6) is -1.34. The van der Waals surface area contributed by atoms with Crippen LogP contribution < -0.4 is 5.32 Å². The van der Waals surface area contributed by atoms with E-state index >= 15 is 0 Å². The first kappa shape index (κ1) is 16.5. The Bertz CT molecular complexity index is 732. The predicted octanol–water partition coefficient (Wildman–Crippen LogP) is 3.11. The fraction of sp³-hybridized carbons (Fsp3) is 0.222. The van der Waals surface area contributed by atoms with E-state index in [1.165, 1.54) is 12.1 Å². The molecule has 0 spiro atoms. The number of carbonyl (C=O) groups is 2. The fourth-order valence-electron chi connectivity index (χ4n) is 2.27. The molecule has 1 amide bonds. The number of hydrogen-bond donors (Lipinski definition) is 2. The zero-order valence-corrected chi connectivity index (χ0v) is 13.3. The average Bonchev–Trinajstić information content (AvgIpc) is 2.43. The van der Waals surface area contributed by atoms with Crippen LogP contribution in [0.3, 0.4) is 0 Å². The number of carbonyl (C=O) groups excluding carboxylic acids is 2. The van der Waals surface area contributed by atoms with Crippen LogP contribution in [0.5, 0.6) is 5.75 Å². The number of hydrogen-bond acceptors (Lipinski definition) is 4. The summed E-state index contributed by atoms with van der Waals surface area (Å²) in [5, 5.41) is 12.4. The first-order chi connectivity index (χ1) is 10.8. The number of phenols is 1. The summed E-state index contributed by atoms with van der Waals surface area (Å²) in [6, 6.07) is 10.3. The van der Waals surface area contributed by atoms with Gasteiger partial charge in [-0.05, 0) is 61.7 Å². The number of amides is 1. The Morgan fingerprint density at radius 2 is 1.65 bits per heavy atom. The Morgan fingerprint density at radius 3 is 2.26 bits per heavy atom. The number of nitrogens with one attached hydrogen (secondary N) is 1. The van der Waals surface area contributed by atoms with Crippen LogP contribution >= 0.6 is 0 Å². The first-order valence-electron chi connectivity index (χ1n) is 7.20. The van der Waals surface area contributed by atoms with Gasteiger partial charge in [0, 0.05) is 5.69 Å². The van der Waals surface area contributed by atoms with Gasteiger partial charge in [0.15, 0.2) is 6.61 Å². The summed E-state index contributed by atoms with van der Waals surface area (Å²) in [7, 11) is 0. The van der Waals surface area contributed by atoms with E-state index in [9.17, 15) is 14.7 Å². The molecule has 0 aliphatic carbocycles. The molecule has 120 valence electrons. The molecular weight excluding hydrogens is 294 g/mol. The van der Waals surface area contributed by atoms with Crippen LogP contribution in [-0.2, 0) is 9.53 Å². The Morgan fingerprint density at radius 1 is 1.00 bits per heavy atom. The smallest absolute Gasteiger partial charge is 0.342 e. The van der Waals surface area contributed by atoms with Gasteiger partial charge in [0.2, 0.25) is 0 Å². The van der Waals surface area contributed by atoms with Crippen molar-refractivity contribution in [3.05, 3.63) is 58.7 Å². The highest BCUT2D eigenvalue weighted by atomic mass is 16.5. The number of aromatic hydroxyl groups is 1. The van der Waals surface area contributed by atoms with Crippen LogP contribution in [0.2, 0.25) is 0 Å². The molecule has 0 bridgehead atoms. The quantitative estimate of drug-likeness (QED) is 0.850. The van der Waals surface area contributed by atoms with E-state index in [0.717, 1.165) is 16.7 Å². The maximum absolute atomic E-state index is 11.9. The zero-order chi connectivity index (χ0) is 17.0. The van der Waals surface area contributed by atoms with Gasteiger partial charge in [-0.3, -0.25) is 4.79 Å². The number of benzene rings is 2. The molecule has 0 fully saturated rings. The molecule has 2 N–H and O–H groups in total. The second-order valence-electron chi connectivity index (χ2n) is 5.52. The Labute approximate surface area is 134 Å². The number of ether oxygens (including phenoxy) is 1. The fourth-order valence-corrected chi connectivity index (χ4v) is 2.27. The Kier molecular flexibility index (Phi) is 5.01. The van der Waals surface area contributed by atoms with E-state index in [4.69, 9.17) is 4.74 Å². The average molecular weight is 313 g/mol. The molecule has 0 aliphatic rings. The predicted molar refractivity (Wildman–Crippen MR) is 87.7 cm³/mol. The minimum atomic E-state index is -0.738. The van der Waals surface area contributed by atoms with Gasteiger partial charge in [-0.25, -0.2) is 4.79 Å². The van der Waals surface area contributed by atoms with Crippen molar-refractivity contribution in [2.45, 2.75) is 20.8 Å². The zero-order valence-electron chi connectivity index (χ0n) is 13.3. The maximum atomic E-state index is 11.9. The lowest BCUT2D eigenvalue weighted by Gasteiger charge is -2.09. The van der Waals surface area contributed by atoms with Crippen molar-refractivity contribution in [1.82, 2.24) is 0 Å². The van der Waals surface area contributed by atoms with E-state index < -0.39 is 18.5 Å². The van der Waals surface area contributed by atoms with Crippen LogP contribution in [0.15, 0.2) is 36.4 Å². The number of aryl methyl sites for hydroxylation is 3. The van der Waals surface area contributed by atoms with Crippen molar-refractivity contribution >= 4 is 17.6 Å². The molecule has 0 aliphatic heterocycles. The van der Waals surface area contributed by atoms with Crippen molar-refractivity contribution in [1.29, 1.82) is 0 Å². The van der Waals surface area contributed by atoms with Crippen LogP contribution in [0.4, 0.5) is 5.69 Å². The van der Waals surface area contributed by atoms with Gasteiger partial charge < -0.3 is 15.2 Å². The Balaban J connectivity index is 1.94. The highest BCUT2D eigenvalue weighted by Gasteiger charge is 2.14. The van der Waals surface area contributed by atoms with Crippen LogP contribution in [0.25, 0.3) is 0 Å². The molecule has 23 heavy (non-hydrogen) atoms. The molecule has 2 aromatic carbocycles. The molecule has 0 radical (unpaired) electrons. The summed E-state index contributed by atoms with van der Waals surface area (Å²) in [6.45, 7) is 5.25. The monoisotopic (exact) mass is 313 g/mol. The number of rotatable bonds is 4. The summed E-state index contributed by atoms with van der Waals surface area (Å²) < 4.78 is 4.93. The summed E-state index contributed by atoms with van der Waals surface area (Å²) in [5.41, 5.74) is 3.58. The molecule has 5 heteroatoms. The molecule has 0 unspecified atom stereocenters. The Hall–Kier alpha value is -2.82. The summed E-state index contributed by atoms with van der Waals surface area (Å²) in [6.07, 6.45) is 0. The van der Waals surface area contributed by atoms with E-state index in [-0.39, 0.29) is 11.3 Å². The molecule has 0 saturated heterocycles. The number of anilines is 1. The topological polar surface area (TPSA) is 75.6 Å². The standard InChI is InChI=1S/C18H19NO4/c1-11-4-5-15(16(20)9-11)18(22)23-10-17(21)19-14-7-12(2)6-13(3)8-14/h4-9,20H,10H2,1-3H3,(H,19,21). The third-order valence-electron chi connectivity index (χ3n) is 3.21. The van der Waals surface area contributed by atoms with Crippen molar-refractivity contribution in [3.63, 3.8) is 0 Å². The van der Waals surface area contributed by atoms with E-state index in [0.29, 0.717) is 5.69 Å². The summed E-state index contributed by atoms with van der Waals surface area (Å²) >= 11 is 0. The largest absolute Gasteiger partial charge is 0.507 e. The summed E-state index contributed by atoms with van der Waals surface area (Å²) in [4.78, 5) is 23.7. The molecule has 0 atom stereocenters. The lowest BCUT2D eigenvalue weighted by molar-refractivity contribution is -0.119. The third-order valence-corrected chi connectivity index (χ3v) is 3.21. The van der Waals surface area contributed by atoms with Gasteiger partial charge in [-0.2, -0.15) is 0 Å². The van der Waals surface area contributed by atoms with Gasteiger partial charge >= 0.3 is 5.97 Å². The van der Waals surface area contributed by atoms with Gasteiger partial charge in [0.05, 0.1) is 0 Å². The van der Waals surface area contributed by atoms with E-state index in [2.05, 4.69) is 5.32 Å². The SMILES string of the molecule is Cc1cc(C)cc(NC(=O)COC(=O)c2ccc(C)cc2O)c1. The van der Waals surface area contributed by atoms with Gasteiger partial charge in [-0.1, -0.05) is 12.1 Å². The molecule has 0 saturated carbocycles. The van der Waals surface area contributed by atoms with Crippen LogP contribution in [0.1, 0.15) is 27.0 Å². The molecule has 5 nitrogen and oxygen atoms in total. The lowest BCUT2D eigenvalue weighted by atomic mass is 10.1. The minimum absolute atomic E-state index is 0.0369. The number of phenolic OH excluding ortho intramolecular Hbond substituents is 1. The normalized spacial score (nSPS) is 10.2. The molecule has 0 heterocycles. The van der Waals surface area contributed by atoms with Gasteiger partial charge in [0.1, 0.15) is 11.3 Å². The highest BCUT2D eigenvalue weighted by Crippen LogP contribution is 2.19. The molecule has 0 aromatic heterocycles. The third kappa shape index (κ3) is 4.57. The first-order valence-corrected chi connectivity index (χ1v) is 7.20. The van der Waals surface area contributed by atoms with Crippen molar-refractivity contribution < 1.29 is 19.4 Å². The molecule has 2 aromatic rings. The minimum Gasteiger partial charge on any atom is -0.507 e. The molecular formula is C18H19NO4. The molecule has 2 rings (SSSR count). The van der Waals surface area contributed by atoms with Crippen molar-refractivity contribution in [3.8, 4) is 5.75 Å². The lowest BCUT2D eigenvalue weighted by Crippen LogP contribution is -2.21. The second-order valence-corrected chi connectivity index (χ2v) is 5.52. The second kappa shape index (κ2) is 6.96. The highest BCUT2D eigenvalue weighted by molar-refractivity contribution is 5.96. The van der Waals surface area contributed by atoms with Crippen molar-refractivity contribution in [2.75, 3.05) is 11.9 Å². The number of esters is 1. The maximum Gasteiger partial charge on any atom is 0.342 e.